The zero-order chi connectivity index (χ0) is 12.2. The second kappa shape index (κ2) is 4.86. The van der Waals surface area contributed by atoms with E-state index >= 15 is 0 Å². The van der Waals surface area contributed by atoms with Crippen molar-refractivity contribution < 1.29 is 22.7 Å². The number of aryl methyl sites for hydroxylation is 1. The molecule has 0 saturated heterocycles. The Morgan fingerprint density at radius 1 is 1.62 bits per heavy atom. The molecule has 90 valence electrons. The summed E-state index contributed by atoms with van der Waals surface area (Å²) in [5, 5.41) is 5.99. The highest BCUT2D eigenvalue weighted by Gasteiger charge is 2.29. The summed E-state index contributed by atoms with van der Waals surface area (Å²) in [6.45, 7) is -1.52. The van der Waals surface area contributed by atoms with Crippen molar-refractivity contribution in [3.63, 3.8) is 0 Å². The minimum atomic E-state index is -4.51. The number of ether oxygens (including phenoxy) is 1. The molecule has 5 nitrogen and oxygen atoms in total. The molecule has 0 fully saturated rings. The molecule has 1 heterocycles. The lowest BCUT2D eigenvalue weighted by atomic mass is 10.4. The standard InChI is InChI=1S/C8H10F3N3O2/c1-14-4-6(3-13-14)2-12-7(15)16-5-8(9,10)11/h3-4H,2,5H2,1H3,(H,12,15). The molecular formula is C8H10F3N3O2. The number of nitrogens with zero attached hydrogens (tertiary/aromatic N) is 2. The number of nitrogens with one attached hydrogen (secondary N) is 1. The van der Waals surface area contributed by atoms with Crippen molar-refractivity contribution >= 4 is 6.09 Å². The highest BCUT2D eigenvalue weighted by atomic mass is 19.4. The van der Waals surface area contributed by atoms with E-state index in [0.717, 1.165) is 0 Å². The quantitative estimate of drug-likeness (QED) is 0.859. The summed E-state index contributed by atoms with van der Waals surface area (Å²) in [4.78, 5) is 10.8. The number of halogens is 3. The van der Waals surface area contributed by atoms with Crippen LogP contribution >= 0.6 is 0 Å². The maximum atomic E-state index is 11.7. The summed E-state index contributed by atoms with van der Waals surface area (Å²) in [5.41, 5.74) is 0.673. The Bertz CT molecular complexity index is 362. The van der Waals surface area contributed by atoms with Gasteiger partial charge in [0.15, 0.2) is 6.61 Å². The lowest BCUT2D eigenvalue weighted by Gasteiger charge is -2.08. The number of rotatable bonds is 3. The van der Waals surface area contributed by atoms with Gasteiger partial charge in [-0.2, -0.15) is 18.3 Å². The van der Waals surface area contributed by atoms with Gasteiger partial charge < -0.3 is 10.1 Å². The number of amides is 1. The van der Waals surface area contributed by atoms with Gasteiger partial charge in [0.05, 0.1) is 6.20 Å². The first-order valence-electron chi connectivity index (χ1n) is 4.32. The van der Waals surface area contributed by atoms with E-state index < -0.39 is 18.9 Å². The van der Waals surface area contributed by atoms with E-state index in [-0.39, 0.29) is 6.54 Å². The highest BCUT2D eigenvalue weighted by Crippen LogP contribution is 2.14. The van der Waals surface area contributed by atoms with E-state index in [1.807, 2.05) is 0 Å². The van der Waals surface area contributed by atoms with Crippen LogP contribution in [0.4, 0.5) is 18.0 Å². The van der Waals surface area contributed by atoms with Crippen molar-refractivity contribution in [3.8, 4) is 0 Å². The molecule has 0 saturated carbocycles. The molecule has 0 aliphatic heterocycles. The second-order valence-corrected chi connectivity index (χ2v) is 3.07. The normalized spacial score (nSPS) is 11.2. The molecule has 1 amide bonds. The minimum Gasteiger partial charge on any atom is -0.440 e. The number of carbonyl (C=O) groups is 1. The molecule has 0 spiro atoms. The van der Waals surface area contributed by atoms with E-state index in [1.54, 1.807) is 13.2 Å². The summed E-state index contributed by atoms with van der Waals surface area (Å²) in [6, 6.07) is 0. The van der Waals surface area contributed by atoms with Crippen molar-refractivity contribution in [1.82, 2.24) is 15.1 Å². The largest absolute Gasteiger partial charge is 0.440 e. The Labute approximate surface area is 89.2 Å². The Morgan fingerprint density at radius 2 is 2.31 bits per heavy atom. The van der Waals surface area contributed by atoms with E-state index in [9.17, 15) is 18.0 Å². The minimum absolute atomic E-state index is 0.0739. The van der Waals surface area contributed by atoms with E-state index in [2.05, 4.69) is 15.2 Å². The van der Waals surface area contributed by atoms with Crippen LogP contribution in [0.5, 0.6) is 0 Å². The zero-order valence-electron chi connectivity index (χ0n) is 8.41. The fourth-order valence-electron chi connectivity index (χ4n) is 0.936. The van der Waals surface area contributed by atoms with Gasteiger partial charge in [0.2, 0.25) is 0 Å². The zero-order valence-corrected chi connectivity index (χ0v) is 8.41. The fourth-order valence-corrected chi connectivity index (χ4v) is 0.936. The number of hydrogen-bond acceptors (Lipinski definition) is 3. The van der Waals surface area contributed by atoms with Gasteiger partial charge in [-0.15, -0.1) is 0 Å². The van der Waals surface area contributed by atoms with Crippen molar-refractivity contribution in [2.45, 2.75) is 12.7 Å². The third-order valence-corrected chi connectivity index (χ3v) is 1.56. The summed E-state index contributed by atoms with van der Waals surface area (Å²) in [5.74, 6) is 0. The van der Waals surface area contributed by atoms with Gasteiger partial charge in [-0.3, -0.25) is 4.68 Å². The average Bonchev–Trinajstić information content (AvgIpc) is 2.57. The summed E-state index contributed by atoms with van der Waals surface area (Å²) < 4.78 is 40.4. The van der Waals surface area contributed by atoms with Gasteiger partial charge in [-0.25, -0.2) is 4.79 Å². The molecule has 0 bridgehead atoms. The third-order valence-electron chi connectivity index (χ3n) is 1.56. The van der Waals surface area contributed by atoms with Crippen LogP contribution in [0.3, 0.4) is 0 Å². The number of aromatic nitrogens is 2. The molecule has 16 heavy (non-hydrogen) atoms. The van der Waals surface area contributed by atoms with Gasteiger partial charge in [0, 0.05) is 25.4 Å². The summed E-state index contributed by atoms with van der Waals surface area (Å²) in [6.07, 6.45) is -2.50. The van der Waals surface area contributed by atoms with Gasteiger partial charge in [-0.05, 0) is 0 Å². The molecule has 0 aromatic carbocycles. The highest BCUT2D eigenvalue weighted by molar-refractivity contribution is 5.67. The lowest BCUT2D eigenvalue weighted by molar-refractivity contribution is -0.160. The second-order valence-electron chi connectivity index (χ2n) is 3.07. The lowest BCUT2D eigenvalue weighted by Crippen LogP contribution is -2.28. The third kappa shape index (κ3) is 4.67. The molecule has 8 heteroatoms. The predicted octanol–water partition coefficient (Wildman–Crippen LogP) is 1.21. The van der Waals surface area contributed by atoms with Crippen LogP contribution in [0.25, 0.3) is 0 Å². The molecule has 1 rings (SSSR count). The van der Waals surface area contributed by atoms with Crippen LogP contribution in [-0.4, -0.2) is 28.7 Å². The molecule has 1 aromatic heterocycles. The summed E-state index contributed by atoms with van der Waals surface area (Å²) in [7, 11) is 1.69. The van der Waals surface area contributed by atoms with Crippen molar-refractivity contribution in [2.75, 3.05) is 6.61 Å². The maximum absolute atomic E-state index is 11.7. The van der Waals surface area contributed by atoms with Crippen LogP contribution in [0.2, 0.25) is 0 Å². The molecule has 0 unspecified atom stereocenters. The Morgan fingerprint density at radius 3 is 2.81 bits per heavy atom. The molecule has 1 aromatic rings. The first-order chi connectivity index (χ1) is 7.37. The van der Waals surface area contributed by atoms with E-state index in [4.69, 9.17) is 0 Å². The van der Waals surface area contributed by atoms with Crippen LogP contribution in [0.1, 0.15) is 5.56 Å². The van der Waals surface area contributed by atoms with Crippen LogP contribution in [0, 0.1) is 0 Å². The molecule has 0 atom stereocenters. The molecular weight excluding hydrogens is 227 g/mol. The number of alkyl halides is 3. The maximum Gasteiger partial charge on any atom is 0.422 e. The van der Waals surface area contributed by atoms with Gasteiger partial charge >= 0.3 is 12.3 Å². The topological polar surface area (TPSA) is 56.2 Å². The fraction of sp³-hybridized carbons (Fsp3) is 0.500. The van der Waals surface area contributed by atoms with Crippen molar-refractivity contribution in [1.29, 1.82) is 0 Å². The van der Waals surface area contributed by atoms with Crippen molar-refractivity contribution in [2.24, 2.45) is 7.05 Å². The Hall–Kier alpha value is -1.73. The first-order valence-corrected chi connectivity index (χ1v) is 4.32. The molecule has 0 aliphatic rings. The monoisotopic (exact) mass is 237 g/mol. The average molecular weight is 237 g/mol. The number of carbonyl (C=O) groups excluding carboxylic acids is 1. The van der Waals surface area contributed by atoms with Crippen LogP contribution in [-0.2, 0) is 18.3 Å². The Balaban J connectivity index is 2.25. The van der Waals surface area contributed by atoms with E-state index in [1.165, 1.54) is 10.9 Å². The SMILES string of the molecule is Cn1cc(CNC(=O)OCC(F)(F)F)cn1. The smallest absolute Gasteiger partial charge is 0.422 e. The van der Waals surface area contributed by atoms with Gasteiger partial charge in [0.25, 0.3) is 0 Å². The summed E-state index contributed by atoms with van der Waals surface area (Å²) >= 11 is 0. The first kappa shape index (κ1) is 12.3. The van der Waals surface area contributed by atoms with Crippen LogP contribution < -0.4 is 5.32 Å². The van der Waals surface area contributed by atoms with Crippen molar-refractivity contribution in [3.05, 3.63) is 18.0 Å². The van der Waals surface area contributed by atoms with Gasteiger partial charge in [0.1, 0.15) is 0 Å². The Kier molecular flexibility index (Phi) is 3.75. The van der Waals surface area contributed by atoms with Gasteiger partial charge in [-0.1, -0.05) is 0 Å². The molecule has 0 aliphatic carbocycles. The molecule has 1 N–H and O–H groups in total. The number of hydrogen-bond donors (Lipinski definition) is 1. The predicted molar refractivity (Wildman–Crippen MR) is 47.5 cm³/mol. The van der Waals surface area contributed by atoms with Crippen LogP contribution in [0.15, 0.2) is 12.4 Å². The number of alkyl carbamates (subject to hydrolysis) is 1. The molecule has 0 radical (unpaired) electrons. The van der Waals surface area contributed by atoms with E-state index in [0.29, 0.717) is 5.56 Å².